The van der Waals surface area contributed by atoms with Crippen molar-refractivity contribution in [1.82, 2.24) is 0 Å². The van der Waals surface area contributed by atoms with E-state index >= 15 is 0 Å². The lowest BCUT2D eigenvalue weighted by Crippen LogP contribution is -2.49. The van der Waals surface area contributed by atoms with Gasteiger partial charge in [-0.25, -0.2) is 0 Å². The molecule has 0 bridgehead atoms. The maximum Gasteiger partial charge on any atom is 0.0576 e. The summed E-state index contributed by atoms with van der Waals surface area (Å²) in [7, 11) is 0. The van der Waals surface area contributed by atoms with E-state index in [-0.39, 0.29) is 34.0 Å². The van der Waals surface area contributed by atoms with Crippen LogP contribution in [-0.4, -0.2) is 33.4 Å². The van der Waals surface area contributed by atoms with Crippen molar-refractivity contribution in [2.24, 2.45) is 58.2 Å². The molecule has 182 valence electrons. The summed E-state index contributed by atoms with van der Waals surface area (Å²) in [6.07, 6.45) is 3.88. The van der Waals surface area contributed by atoms with Gasteiger partial charge in [-0.1, -0.05) is 69.2 Å². The molecule has 0 aromatic rings. The Kier molecular flexibility index (Phi) is 10.6. The Morgan fingerprint density at radius 2 is 0.933 bits per heavy atom. The summed E-state index contributed by atoms with van der Waals surface area (Å²) < 4.78 is 0. The third-order valence-corrected chi connectivity index (χ3v) is 8.65. The average Bonchev–Trinajstić information content (AvgIpc) is 2.48. The Labute approximate surface area is 186 Å². The van der Waals surface area contributed by atoms with Gasteiger partial charge in [0.25, 0.3) is 0 Å². The minimum absolute atomic E-state index is 0. The van der Waals surface area contributed by atoms with Crippen molar-refractivity contribution in [1.29, 1.82) is 0 Å². The Morgan fingerprint density at radius 3 is 1.17 bits per heavy atom. The van der Waals surface area contributed by atoms with Crippen LogP contribution in [0.3, 0.4) is 0 Å². The Hall–Kier alpha value is -0.160. The van der Waals surface area contributed by atoms with Crippen LogP contribution in [0.1, 0.15) is 94.9 Å². The van der Waals surface area contributed by atoms with Crippen molar-refractivity contribution in [2.45, 2.75) is 107 Å². The van der Waals surface area contributed by atoms with Gasteiger partial charge in [0.15, 0.2) is 0 Å². The quantitative estimate of drug-likeness (QED) is 0.674. The van der Waals surface area contributed by atoms with Gasteiger partial charge in [0.1, 0.15) is 0 Å². The van der Waals surface area contributed by atoms with E-state index in [0.717, 1.165) is 25.7 Å². The molecule has 0 amide bonds. The summed E-state index contributed by atoms with van der Waals surface area (Å²) in [5, 5.41) is 21.7. The fourth-order valence-corrected chi connectivity index (χ4v) is 7.05. The molecule has 8 atom stereocenters. The van der Waals surface area contributed by atoms with Crippen LogP contribution < -0.4 is 0 Å². The van der Waals surface area contributed by atoms with Crippen LogP contribution in [0.15, 0.2) is 0 Å². The molecule has 0 aromatic carbocycles. The number of aliphatic hydroxyl groups is 2. The monoisotopic (exact) mass is 430 g/mol. The lowest BCUT2D eigenvalue weighted by Gasteiger charge is -2.53. The lowest BCUT2D eigenvalue weighted by atomic mass is 9.53. The van der Waals surface area contributed by atoms with Crippen LogP contribution >= 0.6 is 0 Å². The third-order valence-electron chi connectivity index (χ3n) is 8.65. The molecule has 2 fully saturated rings. The first-order valence-electron chi connectivity index (χ1n) is 12.0. The van der Waals surface area contributed by atoms with Gasteiger partial charge in [0.05, 0.1) is 12.2 Å². The third kappa shape index (κ3) is 6.43. The zero-order valence-corrected chi connectivity index (χ0v) is 21.5. The van der Waals surface area contributed by atoms with Crippen LogP contribution in [0.25, 0.3) is 0 Å². The first-order chi connectivity index (χ1) is 12.6. The van der Waals surface area contributed by atoms with E-state index in [0.29, 0.717) is 47.3 Å². The van der Waals surface area contributed by atoms with Gasteiger partial charge in [-0.2, -0.15) is 0 Å². The molecule has 0 radical (unpaired) electrons. The van der Waals surface area contributed by atoms with Crippen molar-refractivity contribution >= 4 is 0 Å². The molecule has 2 aliphatic carbocycles. The number of hydrogen-bond acceptors (Lipinski definition) is 2. The second kappa shape index (κ2) is 10.6. The Balaban J connectivity index is 0.00000420. The van der Waals surface area contributed by atoms with E-state index in [1.807, 2.05) is 0 Å². The normalized spacial score (nSPS) is 39.1. The molecule has 0 spiro atoms. The summed E-state index contributed by atoms with van der Waals surface area (Å²) in [6, 6.07) is 0. The second-order valence-electron chi connectivity index (χ2n) is 13.1. The summed E-state index contributed by atoms with van der Waals surface area (Å²) in [4.78, 5) is 0. The molecular formula is C26H54O4. The molecule has 30 heavy (non-hydrogen) atoms. The maximum absolute atomic E-state index is 10.8. The summed E-state index contributed by atoms with van der Waals surface area (Å²) in [5.74, 6) is 4.61. The van der Waals surface area contributed by atoms with E-state index in [4.69, 9.17) is 0 Å². The number of hydrogen-bond donors (Lipinski definition) is 2. The molecule has 4 heteroatoms. The zero-order valence-electron chi connectivity index (χ0n) is 21.5. The molecule has 2 aliphatic rings. The van der Waals surface area contributed by atoms with Crippen LogP contribution in [0, 0.1) is 58.2 Å². The highest BCUT2D eigenvalue weighted by Gasteiger charge is 2.49. The molecule has 6 N–H and O–H groups in total. The molecule has 4 nitrogen and oxygen atoms in total. The van der Waals surface area contributed by atoms with E-state index in [1.165, 1.54) is 0 Å². The first kappa shape index (κ1) is 29.8. The van der Waals surface area contributed by atoms with E-state index in [1.54, 1.807) is 0 Å². The largest absolute Gasteiger partial charge is 0.412 e. The highest BCUT2D eigenvalue weighted by atomic mass is 16.3. The number of rotatable bonds is 3. The van der Waals surface area contributed by atoms with Crippen molar-refractivity contribution < 1.29 is 21.2 Å². The van der Waals surface area contributed by atoms with Gasteiger partial charge >= 0.3 is 0 Å². The van der Waals surface area contributed by atoms with Gasteiger partial charge in [-0.05, 0) is 83.9 Å². The van der Waals surface area contributed by atoms with E-state index in [2.05, 4.69) is 69.2 Å². The van der Waals surface area contributed by atoms with Gasteiger partial charge < -0.3 is 21.2 Å². The minimum atomic E-state index is -0.160. The number of aliphatic hydroxyl groups excluding tert-OH is 2. The zero-order chi connectivity index (χ0) is 21.6. The first-order valence-corrected chi connectivity index (χ1v) is 12.0. The van der Waals surface area contributed by atoms with Crippen molar-refractivity contribution in [3.63, 3.8) is 0 Å². The molecule has 2 rings (SSSR count). The van der Waals surface area contributed by atoms with Crippen LogP contribution in [0.5, 0.6) is 0 Å². The predicted molar refractivity (Wildman–Crippen MR) is 127 cm³/mol. The Bertz CT molecular complexity index is 462. The highest BCUT2D eigenvalue weighted by molar-refractivity contribution is 4.98. The van der Waals surface area contributed by atoms with Crippen LogP contribution in [0.4, 0.5) is 0 Å². The van der Waals surface area contributed by atoms with Crippen molar-refractivity contribution in [3.05, 3.63) is 0 Å². The van der Waals surface area contributed by atoms with Gasteiger partial charge in [0, 0.05) is 0 Å². The standard InChI is InChI=1S/C26H50O2.2H2O/c1-15(2)24(18-13-20(25(5,6)7)22(27)11-16(18)3)19-14-21(26(8,9)10)23(28)12-17(19)4;;/h15-24,27-28H,11-14H2,1-10H3;2*1H2. The Morgan fingerprint density at radius 1 is 0.633 bits per heavy atom. The van der Waals surface area contributed by atoms with E-state index in [9.17, 15) is 10.2 Å². The molecule has 0 saturated heterocycles. The summed E-state index contributed by atoms with van der Waals surface area (Å²) in [6.45, 7) is 23.4. The van der Waals surface area contributed by atoms with Gasteiger partial charge in [0.2, 0.25) is 0 Å². The van der Waals surface area contributed by atoms with Crippen molar-refractivity contribution in [3.8, 4) is 0 Å². The average molecular weight is 431 g/mol. The smallest absolute Gasteiger partial charge is 0.0576 e. The second-order valence-corrected chi connectivity index (χ2v) is 13.1. The molecule has 2 saturated carbocycles. The SMILES string of the molecule is CC(C)C(C1CC(C(C)(C)C)C(O)CC1C)C1CC(C(C)(C)C)C(O)CC1C.O.O. The van der Waals surface area contributed by atoms with Crippen LogP contribution in [0.2, 0.25) is 0 Å². The van der Waals surface area contributed by atoms with Gasteiger partial charge in [-0.3, -0.25) is 0 Å². The predicted octanol–water partition coefficient (Wildman–Crippen LogP) is 4.75. The molecule has 0 aromatic heterocycles. The topological polar surface area (TPSA) is 103 Å². The summed E-state index contributed by atoms with van der Waals surface area (Å²) in [5.41, 5.74) is 0.309. The molecular weight excluding hydrogens is 376 g/mol. The molecule has 8 unspecified atom stereocenters. The lowest BCUT2D eigenvalue weighted by molar-refractivity contribution is -0.0903. The molecule has 0 aliphatic heterocycles. The highest BCUT2D eigenvalue weighted by Crippen LogP contribution is 2.53. The van der Waals surface area contributed by atoms with E-state index < -0.39 is 0 Å². The molecule has 0 heterocycles. The minimum Gasteiger partial charge on any atom is -0.412 e. The maximum atomic E-state index is 10.8. The fourth-order valence-electron chi connectivity index (χ4n) is 7.05. The van der Waals surface area contributed by atoms with Gasteiger partial charge in [-0.15, -0.1) is 0 Å². The van der Waals surface area contributed by atoms with Crippen molar-refractivity contribution in [2.75, 3.05) is 0 Å². The van der Waals surface area contributed by atoms with Crippen LogP contribution in [-0.2, 0) is 0 Å². The fraction of sp³-hybridized carbons (Fsp3) is 1.00. The summed E-state index contributed by atoms with van der Waals surface area (Å²) >= 11 is 0.